The van der Waals surface area contributed by atoms with Gasteiger partial charge in [-0.3, -0.25) is 9.69 Å². The van der Waals surface area contributed by atoms with Crippen molar-refractivity contribution in [3.05, 3.63) is 32.9 Å². The number of carbonyl (C=O) groups is 1. The second-order valence-corrected chi connectivity index (χ2v) is 7.89. The van der Waals surface area contributed by atoms with E-state index in [0.717, 1.165) is 16.3 Å². The van der Waals surface area contributed by atoms with Crippen molar-refractivity contribution in [2.45, 2.75) is 53.2 Å². The van der Waals surface area contributed by atoms with E-state index in [9.17, 15) is 14.7 Å². The Labute approximate surface area is 162 Å². The van der Waals surface area contributed by atoms with Crippen LogP contribution in [0.4, 0.5) is 0 Å². The maximum atomic E-state index is 12.4. The number of fused-ring (bicyclic) bond motifs is 1. The van der Waals surface area contributed by atoms with Gasteiger partial charge < -0.3 is 14.5 Å². The van der Waals surface area contributed by atoms with E-state index in [-0.39, 0.29) is 5.56 Å². The second-order valence-electron chi connectivity index (χ2n) is 6.82. The van der Waals surface area contributed by atoms with Crippen molar-refractivity contribution in [1.29, 1.82) is 0 Å². The molecule has 0 saturated carbocycles. The molecule has 2 heterocycles. The number of hydrogen-bond acceptors (Lipinski definition) is 6. The third-order valence-electron chi connectivity index (χ3n) is 4.36. The predicted molar refractivity (Wildman–Crippen MR) is 109 cm³/mol. The fraction of sp³-hybridized carbons (Fsp3) is 0.526. The molecule has 2 rings (SSSR count). The number of aromatic carboxylic acids is 1. The molecule has 1 N–H and O–H groups in total. The number of carboxylic acid groups (broad SMARTS) is 1. The molecular weight excluding hydrogens is 366 g/mol. The van der Waals surface area contributed by atoms with Gasteiger partial charge in [0.25, 0.3) is 0 Å². The molecule has 148 valence electrons. The first-order valence-electron chi connectivity index (χ1n) is 9.07. The van der Waals surface area contributed by atoms with Gasteiger partial charge >= 0.3 is 5.97 Å². The standard InChI is InChI=1S/C19H27N3O4S/c1-6-21-11-16(19(24)25)17(23)15-9-14(27-18(15)21)10-20-26-8-7-22(12(2)3)13(4)5/h9-13H,6-8H2,1-5H3,(H,24,25). The molecule has 2 aromatic heterocycles. The van der Waals surface area contributed by atoms with Gasteiger partial charge in [0.15, 0.2) is 0 Å². The largest absolute Gasteiger partial charge is 0.477 e. The Morgan fingerprint density at radius 2 is 2.04 bits per heavy atom. The number of nitrogens with zero attached hydrogens (tertiary/aromatic N) is 3. The third kappa shape index (κ3) is 4.95. The van der Waals surface area contributed by atoms with Crippen LogP contribution in [0.15, 0.2) is 22.2 Å². The molecule has 0 bridgehead atoms. The predicted octanol–water partition coefficient (Wildman–Crippen LogP) is 3.25. The van der Waals surface area contributed by atoms with Crippen LogP contribution in [0.3, 0.4) is 0 Å². The lowest BCUT2D eigenvalue weighted by atomic mass is 10.2. The highest BCUT2D eigenvalue weighted by Gasteiger charge is 2.16. The van der Waals surface area contributed by atoms with Gasteiger partial charge in [0.05, 0.1) is 16.5 Å². The van der Waals surface area contributed by atoms with Crippen molar-refractivity contribution < 1.29 is 14.7 Å². The van der Waals surface area contributed by atoms with Crippen molar-refractivity contribution in [2.75, 3.05) is 13.2 Å². The molecule has 0 fully saturated rings. The smallest absolute Gasteiger partial charge is 0.341 e. The average Bonchev–Trinajstić information content (AvgIpc) is 3.02. The molecule has 0 spiro atoms. The van der Waals surface area contributed by atoms with E-state index in [0.29, 0.717) is 30.6 Å². The molecule has 0 aromatic carbocycles. The first kappa shape index (κ1) is 21.1. The van der Waals surface area contributed by atoms with E-state index in [1.54, 1.807) is 16.8 Å². The minimum absolute atomic E-state index is 0.218. The molecule has 0 unspecified atom stereocenters. The Bertz CT molecular complexity index is 875. The molecular formula is C19H27N3O4S. The number of carboxylic acids is 1. The van der Waals surface area contributed by atoms with Gasteiger partial charge in [-0.15, -0.1) is 11.3 Å². The van der Waals surface area contributed by atoms with E-state index >= 15 is 0 Å². The maximum absolute atomic E-state index is 12.4. The Hall–Kier alpha value is -2.19. The molecule has 0 aliphatic rings. The lowest BCUT2D eigenvalue weighted by molar-refractivity contribution is 0.0695. The number of hydrogen-bond donors (Lipinski definition) is 1. The summed E-state index contributed by atoms with van der Waals surface area (Å²) < 4.78 is 1.77. The zero-order valence-electron chi connectivity index (χ0n) is 16.4. The number of oxime groups is 1. The summed E-state index contributed by atoms with van der Waals surface area (Å²) in [5, 5.41) is 13.6. The van der Waals surface area contributed by atoms with Crippen molar-refractivity contribution in [1.82, 2.24) is 9.47 Å². The minimum Gasteiger partial charge on any atom is -0.477 e. The van der Waals surface area contributed by atoms with Crippen molar-refractivity contribution in [3.8, 4) is 0 Å². The molecule has 2 aromatic rings. The average molecular weight is 394 g/mol. The van der Waals surface area contributed by atoms with Crippen molar-refractivity contribution in [3.63, 3.8) is 0 Å². The van der Waals surface area contributed by atoms with Crippen LogP contribution in [0.5, 0.6) is 0 Å². The Kier molecular flexibility index (Phi) is 7.15. The monoisotopic (exact) mass is 393 g/mol. The topological polar surface area (TPSA) is 84.1 Å². The van der Waals surface area contributed by atoms with Crippen LogP contribution in [0, 0.1) is 0 Å². The Morgan fingerprint density at radius 1 is 1.37 bits per heavy atom. The molecule has 8 heteroatoms. The highest BCUT2D eigenvalue weighted by Crippen LogP contribution is 2.23. The van der Waals surface area contributed by atoms with Crippen LogP contribution in [0.1, 0.15) is 49.9 Å². The molecule has 7 nitrogen and oxygen atoms in total. The molecule has 0 aliphatic carbocycles. The SMILES string of the molecule is CCn1cc(C(=O)O)c(=O)c2cc(C=NOCCN(C(C)C)C(C)C)sc21. The summed E-state index contributed by atoms with van der Waals surface area (Å²) in [6.07, 6.45) is 2.97. The zero-order valence-corrected chi connectivity index (χ0v) is 17.2. The quantitative estimate of drug-likeness (QED) is 0.402. The first-order chi connectivity index (χ1) is 12.8. The summed E-state index contributed by atoms with van der Waals surface area (Å²) in [7, 11) is 0. The summed E-state index contributed by atoms with van der Waals surface area (Å²) >= 11 is 1.39. The van der Waals surface area contributed by atoms with Gasteiger partial charge in [0.1, 0.15) is 17.0 Å². The number of rotatable bonds is 9. The van der Waals surface area contributed by atoms with E-state index in [1.165, 1.54) is 17.5 Å². The van der Waals surface area contributed by atoms with Gasteiger partial charge in [-0.1, -0.05) is 5.16 Å². The number of aryl methyl sites for hydroxylation is 1. The lowest BCUT2D eigenvalue weighted by Gasteiger charge is -2.29. The number of thiophene rings is 1. The highest BCUT2D eigenvalue weighted by atomic mass is 32.1. The van der Waals surface area contributed by atoms with E-state index < -0.39 is 11.4 Å². The van der Waals surface area contributed by atoms with Gasteiger partial charge in [-0.05, 0) is 40.7 Å². The first-order valence-corrected chi connectivity index (χ1v) is 9.89. The van der Waals surface area contributed by atoms with Crippen LogP contribution in [0.25, 0.3) is 10.2 Å². The molecule has 27 heavy (non-hydrogen) atoms. The normalized spacial score (nSPS) is 12.1. The van der Waals surface area contributed by atoms with Gasteiger partial charge in [0.2, 0.25) is 5.43 Å². The van der Waals surface area contributed by atoms with Crippen LogP contribution in [-0.2, 0) is 11.4 Å². The molecule has 0 aliphatic heterocycles. The number of aromatic nitrogens is 1. The fourth-order valence-corrected chi connectivity index (χ4v) is 4.10. The fourth-order valence-electron chi connectivity index (χ4n) is 3.05. The molecule has 0 amide bonds. The van der Waals surface area contributed by atoms with Crippen LogP contribution < -0.4 is 5.43 Å². The summed E-state index contributed by atoms with van der Waals surface area (Å²) in [6, 6.07) is 2.54. The molecule has 0 radical (unpaired) electrons. The van der Waals surface area contributed by atoms with Crippen LogP contribution in [-0.4, -0.2) is 52.0 Å². The zero-order chi connectivity index (χ0) is 20.1. The van der Waals surface area contributed by atoms with Crippen molar-refractivity contribution in [2.24, 2.45) is 5.16 Å². The van der Waals surface area contributed by atoms with Crippen molar-refractivity contribution >= 4 is 33.7 Å². The molecule has 0 atom stereocenters. The van der Waals surface area contributed by atoms with Gasteiger partial charge in [-0.2, -0.15) is 0 Å². The lowest BCUT2D eigenvalue weighted by Crippen LogP contribution is -2.39. The maximum Gasteiger partial charge on any atom is 0.341 e. The number of pyridine rings is 1. The van der Waals surface area contributed by atoms with Gasteiger partial charge in [0, 0.05) is 31.4 Å². The highest BCUT2D eigenvalue weighted by molar-refractivity contribution is 7.20. The van der Waals surface area contributed by atoms with E-state index in [2.05, 4.69) is 37.8 Å². The second kappa shape index (κ2) is 9.14. The van der Waals surface area contributed by atoms with Gasteiger partial charge in [-0.25, -0.2) is 4.79 Å². The van der Waals surface area contributed by atoms with Crippen LogP contribution >= 0.6 is 11.3 Å². The summed E-state index contributed by atoms with van der Waals surface area (Å²) in [4.78, 5) is 32.8. The summed E-state index contributed by atoms with van der Waals surface area (Å²) in [6.45, 7) is 12.3. The third-order valence-corrected chi connectivity index (χ3v) is 5.47. The summed E-state index contributed by atoms with van der Waals surface area (Å²) in [5.41, 5.74) is -0.687. The van der Waals surface area contributed by atoms with Crippen LogP contribution in [0.2, 0.25) is 0 Å². The summed E-state index contributed by atoms with van der Waals surface area (Å²) in [5.74, 6) is -1.21. The van der Waals surface area contributed by atoms with E-state index in [4.69, 9.17) is 4.84 Å². The minimum atomic E-state index is -1.21. The van der Waals surface area contributed by atoms with E-state index in [1.807, 2.05) is 6.92 Å². The Morgan fingerprint density at radius 3 is 2.59 bits per heavy atom. The Balaban J connectivity index is 2.13. The molecule has 0 saturated heterocycles.